The van der Waals surface area contributed by atoms with Crippen molar-refractivity contribution in [2.75, 3.05) is 0 Å². The number of hydrogen-bond acceptors (Lipinski definition) is 2. The second-order valence-corrected chi connectivity index (χ2v) is 16.1. The summed E-state index contributed by atoms with van der Waals surface area (Å²) in [5, 5.41) is 31.8. The smallest absolute Gasteiger partial charge is 0.104 e. The van der Waals surface area contributed by atoms with E-state index in [1.54, 1.807) is 0 Å². The highest BCUT2D eigenvalue weighted by molar-refractivity contribution is 6.14. The Hall–Kier alpha value is -8.58. The minimum absolute atomic E-state index is 0.404. The lowest BCUT2D eigenvalue weighted by atomic mass is 9.98. The molecule has 62 heavy (non-hydrogen) atoms. The first-order valence-electron chi connectivity index (χ1n) is 21.1. The van der Waals surface area contributed by atoms with Crippen molar-refractivity contribution < 1.29 is 0 Å². The van der Waals surface area contributed by atoms with Crippen LogP contribution in [0.2, 0.25) is 0 Å². The number of fused-ring (bicyclic) bond motifs is 12. The summed E-state index contributed by atoms with van der Waals surface area (Å²) >= 11 is 0. The summed E-state index contributed by atoms with van der Waals surface area (Å²) < 4.78 is 9.11. The fraction of sp³-hybridized carbons (Fsp3) is 0.0357. The van der Waals surface area contributed by atoms with Crippen molar-refractivity contribution in [2.24, 2.45) is 0 Å². The molecular formula is C56H34N6. The molecule has 4 aromatic heterocycles. The standard InChI is InChI=1S/C56H34N6/c57-33-43-53(59-45-25-9-1-17-35(45)36-18-2-10-26-46(36)59)44(34-58)55(61-49-29-13-5-21-39(49)40-22-6-14-30-50(40)61)56(62-51-31-15-7-23-41(51)42-24-8-16-32-52(42)62)54(43)60-47-27-11-3-19-37(47)38-20-4-12-28-48(38)60/h1-5,7-21,23-32H,6,22H2. The summed E-state index contributed by atoms with van der Waals surface area (Å²) in [5.74, 6) is 0. The first kappa shape index (κ1) is 34.3. The van der Waals surface area contributed by atoms with Crippen LogP contribution in [0.5, 0.6) is 0 Å². The lowest BCUT2D eigenvalue weighted by molar-refractivity contribution is 0.952. The van der Waals surface area contributed by atoms with Gasteiger partial charge in [-0.05, 0) is 66.9 Å². The highest BCUT2D eigenvalue weighted by Gasteiger charge is 2.35. The van der Waals surface area contributed by atoms with Crippen molar-refractivity contribution in [3.8, 4) is 34.9 Å². The molecule has 6 heteroatoms. The second kappa shape index (κ2) is 13.0. The number of nitriles is 2. The molecule has 8 aromatic carbocycles. The quantitative estimate of drug-likeness (QED) is 0.178. The molecule has 0 N–H and O–H groups in total. The largest absolute Gasteiger partial charge is 0.306 e. The van der Waals surface area contributed by atoms with Crippen molar-refractivity contribution in [1.29, 1.82) is 10.5 Å². The van der Waals surface area contributed by atoms with Gasteiger partial charge in [0.1, 0.15) is 23.3 Å². The summed E-state index contributed by atoms with van der Waals surface area (Å²) in [5.41, 5.74) is 12.6. The molecular weight excluding hydrogens is 757 g/mol. The number of aromatic nitrogens is 4. The van der Waals surface area contributed by atoms with Crippen LogP contribution in [-0.4, -0.2) is 18.3 Å². The average molecular weight is 791 g/mol. The minimum atomic E-state index is 0.404. The third-order valence-corrected chi connectivity index (χ3v) is 13.1. The van der Waals surface area contributed by atoms with E-state index in [4.69, 9.17) is 0 Å². The van der Waals surface area contributed by atoms with Gasteiger partial charge in [-0.15, -0.1) is 0 Å². The molecule has 0 amide bonds. The van der Waals surface area contributed by atoms with Gasteiger partial charge in [0, 0.05) is 43.4 Å². The van der Waals surface area contributed by atoms with Crippen LogP contribution in [0, 0.1) is 22.7 Å². The number of benzene rings is 8. The van der Waals surface area contributed by atoms with Crippen LogP contribution in [0.15, 0.2) is 176 Å². The molecule has 0 unspecified atom stereocenters. The lowest BCUT2D eigenvalue weighted by Gasteiger charge is -2.27. The molecule has 0 saturated heterocycles. The third kappa shape index (κ3) is 4.45. The highest BCUT2D eigenvalue weighted by Crippen LogP contribution is 2.49. The minimum Gasteiger partial charge on any atom is -0.306 e. The van der Waals surface area contributed by atoms with E-state index in [0.717, 1.165) is 106 Å². The normalized spacial score (nSPS) is 12.6. The number of aryl methyl sites for hydroxylation is 1. The first-order chi connectivity index (χ1) is 30.8. The van der Waals surface area contributed by atoms with Crippen LogP contribution in [0.1, 0.15) is 28.8 Å². The maximum Gasteiger partial charge on any atom is 0.104 e. The second-order valence-electron chi connectivity index (χ2n) is 16.1. The van der Waals surface area contributed by atoms with Gasteiger partial charge in [-0.3, -0.25) is 0 Å². The van der Waals surface area contributed by atoms with Crippen LogP contribution < -0.4 is 0 Å². The van der Waals surface area contributed by atoms with E-state index < -0.39 is 0 Å². The molecule has 4 heterocycles. The van der Waals surface area contributed by atoms with Crippen molar-refractivity contribution in [2.45, 2.75) is 12.8 Å². The summed E-state index contributed by atoms with van der Waals surface area (Å²) in [4.78, 5) is 0. The van der Waals surface area contributed by atoms with Gasteiger partial charge in [0.15, 0.2) is 0 Å². The van der Waals surface area contributed by atoms with Gasteiger partial charge in [-0.25, -0.2) is 0 Å². The Labute approximate surface area is 355 Å². The number of para-hydroxylation sites is 7. The Bertz CT molecular complexity index is 3860. The number of nitrogens with zero attached hydrogens (tertiary/aromatic N) is 6. The van der Waals surface area contributed by atoms with Crippen LogP contribution >= 0.6 is 0 Å². The highest BCUT2D eigenvalue weighted by atomic mass is 15.1. The molecule has 0 aliphatic heterocycles. The molecule has 0 radical (unpaired) electrons. The van der Waals surface area contributed by atoms with Crippen molar-refractivity contribution in [3.63, 3.8) is 0 Å². The summed E-state index contributed by atoms with van der Waals surface area (Å²) in [6.45, 7) is 0. The van der Waals surface area contributed by atoms with Crippen LogP contribution in [0.25, 0.3) is 105 Å². The molecule has 0 fully saturated rings. The van der Waals surface area contributed by atoms with Crippen molar-refractivity contribution in [1.82, 2.24) is 18.3 Å². The number of hydrogen-bond donors (Lipinski definition) is 0. The van der Waals surface area contributed by atoms with E-state index in [-0.39, 0.29) is 0 Å². The number of allylic oxidation sites excluding steroid dienone is 1. The molecule has 6 nitrogen and oxygen atoms in total. The Kier molecular flexibility index (Phi) is 7.17. The van der Waals surface area contributed by atoms with Crippen LogP contribution in [0.3, 0.4) is 0 Å². The molecule has 288 valence electrons. The van der Waals surface area contributed by atoms with Gasteiger partial charge < -0.3 is 18.3 Å². The lowest BCUT2D eigenvalue weighted by Crippen LogP contribution is -2.17. The van der Waals surface area contributed by atoms with E-state index in [1.807, 2.05) is 12.1 Å². The zero-order valence-corrected chi connectivity index (χ0v) is 33.4. The molecule has 12 aromatic rings. The number of rotatable bonds is 4. The monoisotopic (exact) mass is 790 g/mol. The van der Waals surface area contributed by atoms with Gasteiger partial charge in [0.2, 0.25) is 0 Å². The molecule has 0 atom stereocenters. The first-order valence-corrected chi connectivity index (χ1v) is 21.1. The van der Waals surface area contributed by atoms with Crippen LogP contribution in [-0.2, 0) is 6.42 Å². The van der Waals surface area contributed by atoms with Gasteiger partial charge in [-0.1, -0.05) is 133 Å². The fourth-order valence-electron chi connectivity index (χ4n) is 10.7. The summed E-state index contributed by atoms with van der Waals surface area (Å²) in [7, 11) is 0. The Morgan fingerprint density at radius 1 is 0.339 bits per heavy atom. The predicted octanol–water partition coefficient (Wildman–Crippen LogP) is 13.6. The van der Waals surface area contributed by atoms with E-state index in [2.05, 4.69) is 200 Å². The Morgan fingerprint density at radius 3 is 1.03 bits per heavy atom. The molecule has 0 spiro atoms. The molecule has 0 saturated carbocycles. The third-order valence-electron chi connectivity index (χ3n) is 13.1. The Morgan fingerprint density at radius 2 is 0.645 bits per heavy atom. The van der Waals surface area contributed by atoms with E-state index in [1.165, 1.54) is 5.56 Å². The summed E-state index contributed by atoms with van der Waals surface area (Å²) in [6, 6.07) is 64.8. The molecule has 1 aliphatic carbocycles. The van der Waals surface area contributed by atoms with E-state index in [9.17, 15) is 10.5 Å². The zero-order chi connectivity index (χ0) is 41.1. The van der Waals surface area contributed by atoms with E-state index in [0.29, 0.717) is 22.5 Å². The molecule has 13 rings (SSSR count). The topological polar surface area (TPSA) is 67.3 Å². The molecule has 1 aliphatic rings. The van der Waals surface area contributed by atoms with Gasteiger partial charge in [-0.2, -0.15) is 10.5 Å². The maximum atomic E-state index is 12.1. The van der Waals surface area contributed by atoms with Crippen molar-refractivity contribution >= 4 is 82.4 Å². The van der Waals surface area contributed by atoms with Gasteiger partial charge in [0.25, 0.3) is 0 Å². The van der Waals surface area contributed by atoms with Crippen LogP contribution in [0.4, 0.5) is 0 Å². The summed E-state index contributed by atoms with van der Waals surface area (Å²) in [6.07, 6.45) is 6.28. The molecule has 0 bridgehead atoms. The van der Waals surface area contributed by atoms with Gasteiger partial charge in [0.05, 0.1) is 61.4 Å². The van der Waals surface area contributed by atoms with Gasteiger partial charge >= 0.3 is 0 Å². The maximum absolute atomic E-state index is 12.1. The SMILES string of the molecule is N#Cc1c(-n2c3c(c4ccccc42)CCC=C3)c(-n2c3ccccc3c3ccccc32)c(-n2c3ccccc3c3ccccc32)c(C#N)c1-n1c2ccccc2c2ccccc21. The van der Waals surface area contributed by atoms with E-state index >= 15 is 0 Å². The van der Waals surface area contributed by atoms with Crippen molar-refractivity contribution in [3.05, 3.63) is 198 Å². The Balaban J connectivity index is 1.39. The predicted molar refractivity (Wildman–Crippen MR) is 253 cm³/mol. The zero-order valence-electron chi connectivity index (χ0n) is 33.4. The fourth-order valence-corrected chi connectivity index (χ4v) is 10.7. The average Bonchev–Trinajstić information content (AvgIpc) is 4.06.